The molecule has 70 valence electrons. The molecule has 0 aromatic rings. The molecule has 0 radical (unpaired) electrons. The van der Waals surface area contributed by atoms with Crippen molar-refractivity contribution in [2.75, 3.05) is 21.3 Å². The predicted molar refractivity (Wildman–Crippen MR) is 46.6 cm³/mol. The first-order chi connectivity index (χ1) is 4.24. The van der Waals surface area contributed by atoms with Gasteiger partial charge in [0.25, 0.3) is 0 Å². The fraction of sp³-hybridized carbons (Fsp3) is 0.600. The fourth-order valence-electron chi connectivity index (χ4n) is 0.500. The molecule has 2 N–H and O–H groups in total. The van der Waals surface area contributed by atoms with Gasteiger partial charge in [-0.3, -0.25) is 0 Å². The third kappa shape index (κ3) is 6.09. The van der Waals surface area contributed by atoms with Gasteiger partial charge in [0.2, 0.25) is 0 Å². The standard InChI is InChI=1S/C5H12O3Si.Mg.2H2O/c1-5-9(6-2,7-3)8-4;;;/h5H,1H2,2-4H3;;2*1H2/q;+2;;/p-2. The zero-order valence-electron chi connectivity index (χ0n) is 7.61. The molecule has 0 atom stereocenters. The van der Waals surface area contributed by atoms with Crippen LogP contribution in [0.15, 0.2) is 12.3 Å². The van der Waals surface area contributed by atoms with E-state index in [0.29, 0.717) is 0 Å². The van der Waals surface area contributed by atoms with Crippen LogP contribution in [0.4, 0.5) is 0 Å². The average molecular weight is 207 g/mol. The molecule has 0 aliphatic rings. The Morgan fingerprint density at radius 3 is 1.25 bits per heavy atom. The summed E-state index contributed by atoms with van der Waals surface area (Å²) in [6.45, 7) is 3.53. The van der Waals surface area contributed by atoms with Crippen LogP contribution in [0.3, 0.4) is 0 Å². The van der Waals surface area contributed by atoms with Crippen molar-refractivity contribution in [2.45, 2.75) is 0 Å². The second-order valence-corrected chi connectivity index (χ2v) is 4.26. The Kier molecular flexibility index (Phi) is 22.0. The SMILES string of the molecule is C=C[Si](OC)(OC)OC.[Mg+2].[OH-].[OH-]. The average Bonchev–Trinajstić information content (AvgIpc) is 1.95. The zero-order valence-corrected chi connectivity index (χ0v) is 10.0. The van der Waals surface area contributed by atoms with E-state index in [4.69, 9.17) is 13.3 Å². The summed E-state index contributed by atoms with van der Waals surface area (Å²) in [5.41, 5.74) is 1.58. The summed E-state index contributed by atoms with van der Waals surface area (Å²) in [4.78, 5) is 0. The first-order valence-electron chi connectivity index (χ1n) is 2.53. The first kappa shape index (κ1) is 22.9. The van der Waals surface area contributed by atoms with E-state index in [-0.39, 0.29) is 34.0 Å². The molecule has 0 aliphatic heterocycles. The van der Waals surface area contributed by atoms with Gasteiger partial charge in [0.1, 0.15) is 0 Å². The van der Waals surface area contributed by atoms with E-state index in [2.05, 4.69) is 6.58 Å². The van der Waals surface area contributed by atoms with Crippen molar-refractivity contribution in [3.8, 4) is 0 Å². The Morgan fingerprint density at radius 2 is 1.25 bits per heavy atom. The molecule has 0 bridgehead atoms. The van der Waals surface area contributed by atoms with Crippen molar-refractivity contribution >= 4 is 31.9 Å². The molecule has 0 heterocycles. The second kappa shape index (κ2) is 11.5. The van der Waals surface area contributed by atoms with Crippen molar-refractivity contribution in [3.63, 3.8) is 0 Å². The Labute approximate surface area is 89.8 Å². The Bertz CT molecular complexity index is 89.6. The van der Waals surface area contributed by atoms with Gasteiger partial charge in [0.15, 0.2) is 0 Å². The molecule has 7 heteroatoms. The number of hydrogen-bond acceptors (Lipinski definition) is 5. The maximum absolute atomic E-state index is 4.96. The maximum Gasteiger partial charge on any atom is 2.00 e. The Hall–Kier alpha value is 0.523. The van der Waals surface area contributed by atoms with Gasteiger partial charge in [-0.1, -0.05) is 6.58 Å². The first-order valence-corrected chi connectivity index (χ1v) is 4.34. The Morgan fingerprint density at radius 1 is 1.00 bits per heavy atom. The molecule has 0 aromatic heterocycles. The van der Waals surface area contributed by atoms with Crippen LogP contribution in [-0.4, -0.2) is 64.1 Å². The second-order valence-electron chi connectivity index (χ2n) is 1.42. The van der Waals surface area contributed by atoms with Gasteiger partial charge in [0, 0.05) is 21.3 Å². The van der Waals surface area contributed by atoms with Crippen molar-refractivity contribution in [2.24, 2.45) is 0 Å². The van der Waals surface area contributed by atoms with Crippen molar-refractivity contribution in [1.82, 2.24) is 0 Å². The molecule has 0 aliphatic carbocycles. The molecule has 0 aromatic carbocycles. The number of hydrogen-bond donors (Lipinski definition) is 0. The summed E-state index contributed by atoms with van der Waals surface area (Å²) < 4.78 is 14.9. The summed E-state index contributed by atoms with van der Waals surface area (Å²) in [5, 5.41) is 0. The quantitative estimate of drug-likeness (QED) is 0.597. The molecule has 0 unspecified atom stereocenters. The molecule has 5 nitrogen and oxygen atoms in total. The number of rotatable bonds is 4. The van der Waals surface area contributed by atoms with Gasteiger partial charge in [-0.15, -0.1) is 0 Å². The van der Waals surface area contributed by atoms with Crippen LogP contribution in [-0.2, 0) is 13.3 Å². The molecule has 12 heavy (non-hydrogen) atoms. The predicted octanol–water partition coefficient (Wildman–Crippen LogP) is -0.145. The van der Waals surface area contributed by atoms with Crippen molar-refractivity contribution in [1.29, 1.82) is 0 Å². The molecule has 0 spiro atoms. The Balaban J connectivity index is -0.000000107. The van der Waals surface area contributed by atoms with Gasteiger partial charge in [-0.2, -0.15) is 0 Å². The summed E-state index contributed by atoms with van der Waals surface area (Å²) in [6, 6.07) is 0. The minimum atomic E-state index is -2.43. The van der Waals surface area contributed by atoms with E-state index < -0.39 is 8.80 Å². The van der Waals surface area contributed by atoms with E-state index in [0.717, 1.165) is 0 Å². The summed E-state index contributed by atoms with van der Waals surface area (Å²) in [5.74, 6) is 0. The van der Waals surface area contributed by atoms with Crippen LogP contribution in [0.2, 0.25) is 0 Å². The summed E-state index contributed by atoms with van der Waals surface area (Å²) >= 11 is 0. The van der Waals surface area contributed by atoms with Crippen LogP contribution in [0.25, 0.3) is 0 Å². The molecular weight excluding hydrogens is 192 g/mol. The van der Waals surface area contributed by atoms with E-state index >= 15 is 0 Å². The van der Waals surface area contributed by atoms with E-state index in [1.165, 1.54) is 0 Å². The topological polar surface area (TPSA) is 87.7 Å². The summed E-state index contributed by atoms with van der Waals surface area (Å²) in [6.07, 6.45) is 0. The fourth-order valence-corrected chi connectivity index (χ4v) is 1.50. The zero-order chi connectivity index (χ0) is 7.33. The van der Waals surface area contributed by atoms with E-state index in [1.54, 1.807) is 27.0 Å². The van der Waals surface area contributed by atoms with Crippen molar-refractivity contribution in [3.05, 3.63) is 12.3 Å². The van der Waals surface area contributed by atoms with Gasteiger partial charge < -0.3 is 24.2 Å². The van der Waals surface area contributed by atoms with Crippen molar-refractivity contribution < 1.29 is 24.2 Å². The van der Waals surface area contributed by atoms with Gasteiger partial charge in [0.05, 0.1) is 0 Å². The van der Waals surface area contributed by atoms with E-state index in [1.807, 2.05) is 0 Å². The minimum Gasteiger partial charge on any atom is -0.870 e. The van der Waals surface area contributed by atoms with E-state index in [9.17, 15) is 0 Å². The third-order valence-corrected chi connectivity index (χ3v) is 3.31. The largest absolute Gasteiger partial charge is 2.00 e. The molecular formula is C5H14MgO5Si. The van der Waals surface area contributed by atoms with Crippen LogP contribution in [0, 0.1) is 0 Å². The normalized spacial score (nSPS) is 8.58. The van der Waals surface area contributed by atoms with Crippen LogP contribution >= 0.6 is 0 Å². The monoisotopic (exact) mass is 206 g/mol. The van der Waals surface area contributed by atoms with Crippen LogP contribution in [0.1, 0.15) is 0 Å². The van der Waals surface area contributed by atoms with Gasteiger partial charge in [-0.25, -0.2) is 0 Å². The van der Waals surface area contributed by atoms with Crippen LogP contribution in [0.5, 0.6) is 0 Å². The third-order valence-electron chi connectivity index (χ3n) is 1.10. The maximum atomic E-state index is 4.96. The smallest absolute Gasteiger partial charge is 0.870 e. The summed E-state index contributed by atoms with van der Waals surface area (Å²) in [7, 11) is 2.20. The molecule has 0 saturated carbocycles. The molecule has 0 rings (SSSR count). The van der Waals surface area contributed by atoms with Gasteiger partial charge in [-0.05, 0) is 5.70 Å². The molecule has 0 amide bonds. The minimum absolute atomic E-state index is 0. The molecule has 0 saturated heterocycles. The molecule has 0 fully saturated rings. The van der Waals surface area contributed by atoms with Crippen LogP contribution < -0.4 is 0 Å². The van der Waals surface area contributed by atoms with Gasteiger partial charge >= 0.3 is 31.9 Å².